The third kappa shape index (κ3) is 2.73. The second kappa shape index (κ2) is 5.10. The number of aryl methyl sites for hydroxylation is 1. The van der Waals surface area contributed by atoms with Crippen molar-refractivity contribution in [2.24, 2.45) is 0 Å². The number of aromatic carboxylic acids is 1. The first-order chi connectivity index (χ1) is 9.15. The van der Waals surface area contributed by atoms with Crippen LogP contribution in [0.1, 0.15) is 35.0 Å². The zero-order valence-corrected chi connectivity index (χ0v) is 12.9. The Labute approximate surface area is 121 Å². The number of carbonyl (C=O) groups is 1. The van der Waals surface area contributed by atoms with Gasteiger partial charge in [0.05, 0.1) is 5.60 Å². The molecule has 1 saturated heterocycles. The maximum atomic E-state index is 12.6. The van der Waals surface area contributed by atoms with Gasteiger partial charge < -0.3 is 10.2 Å². The molecule has 20 heavy (non-hydrogen) atoms. The Balaban J connectivity index is 2.37. The third-order valence-corrected chi connectivity index (χ3v) is 6.81. The van der Waals surface area contributed by atoms with Crippen LogP contribution in [0.3, 0.4) is 0 Å². The van der Waals surface area contributed by atoms with E-state index < -0.39 is 21.6 Å². The number of hydrogen-bond acceptors (Lipinski definition) is 5. The van der Waals surface area contributed by atoms with Crippen LogP contribution in [0.15, 0.2) is 10.3 Å². The fraction of sp³-hybridized carbons (Fsp3) is 0.583. The molecule has 6 nitrogen and oxygen atoms in total. The molecule has 0 bridgehead atoms. The number of sulfonamides is 1. The number of aliphatic hydroxyl groups is 1. The van der Waals surface area contributed by atoms with Crippen LogP contribution in [-0.4, -0.2) is 47.6 Å². The van der Waals surface area contributed by atoms with Crippen LogP contribution in [0.25, 0.3) is 0 Å². The number of hydrogen-bond donors (Lipinski definition) is 2. The summed E-state index contributed by atoms with van der Waals surface area (Å²) in [4.78, 5) is 10.9. The molecule has 1 aliphatic rings. The number of piperidine rings is 1. The van der Waals surface area contributed by atoms with Crippen LogP contribution >= 0.6 is 11.3 Å². The first kappa shape index (κ1) is 15.4. The molecule has 0 aliphatic carbocycles. The molecule has 2 rings (SSSR count). The molecule has 0 saturated carbocycles. The van der Waals surface area contributed by atoms with E-state index in [1.807, 2.05) is 0 Å². The van der Waals surface area contributed by atoms with Crippen molar-refractivity contribution in [3.05, 3.63) is 15.8 Å². The van der Waals surface area contributed by atoms with Crippen molar-refractivity contribution in [3.8, 4) is 0 Å². The van der Waals surface area contributed by atoms with E-state index in [1.54, 1.807) is 13.8 Å². The normalized spacial score (nSPS) is 19.9. The Morgan fingerprint density at radius 1 is 1.40 bits per heavy atom. The molecule has 2 N–H and O–H groups in total. The SMILES string of the molecule is Cc1csc(C(=O)O)c1S(=O)(=O)N1CCC(C)(O)CC1. The number of thiophene rings is 1. The highest BCUT2D eigenvalue weighted by atomic mass is 32.2. The van der Waals surface area contributed by atoms with Gasteiger partial charge in [0.25, 0.3) is 0 Å². The maximum absolute atomic E-state index is 12.6. The summed E-state index contributed by atoms with van der Waals surface area (Å²) in [5, 5.41) is 20.5. The highest BCUT2D eigenvalue weighted by molar-refractivity contribution is 7.89. The lowest BCUT2D eigenvalue weighted by Crippen LogP contribution is -2.45. The van der Waals surface area contributed by atoms with Gasteiger partial charge in [-0.25, -0.2) is 13.2 Å². The second-order valence-corrected chi connectivity index (χ2v) is 8.04. The molecule has 2 heterocycles. The second-order valence-electron chi connectivity index (χ2n) is 5.28. The summed E-state index contributed by atoms with van der Waals surface area (Å²) >= 11 is 0.920. The molecule has 0 aromatic carbocycles. The highest BCUT2D eigenvalue weighted by Gasteiger charge is 2.37. The number of rotatable bonds is 3. The van der Waals surface area contributed by atoms with Gasteiger partial charge in [0.2, 0.25) is 10.0 Å². The van der Waals surface area contributed by atoms with Gasteiger partial charge >= 0.3 is 5.97 Å². The quantitative estimate of drug-likeness (QED) is 0.875. The van der Waals surface area contributed by atoms with Gasteiger partial charge in [0.15, 0.2) is 0 Å². The molecule has 1 aliphatic heterocycles. The van der Waals surface area contributed by atoms with Gasteiger partial charge in [0, 0.05) is 13.1 Å². The smallest absolute Gasteiger partial charge is 0.347 e. The zero-order chi connectivity index (χ0) is 15.1. The fourth-order valence-electron chi connectivity index (χ4n) is 2.24. The van der Waals surface area contributed by atoms with Crippen molar-refractivity contribution >= 4 is 27.3 Å². The molecule has 0 radical (unpaired) electrons. The Morgan fingerprint density at radius 2 is 1.95 bits per heavy atom. The molecule has 0 amide bonds. The third-order valence-electron chi connectivity index (χ3n) is 3.51. The van der Waals surface area contributed by atoms with Crippen molar-refractivity contribution in [1.29, 1.82) is 0 Å². The van der Waals surface area contributed by atoms with Gasteiger partial charge in [-0.15, -0.1) is 11.3 Å². The summed E-state index contributed by atoms with van der Waals surface area (Å²) in [6.45, 7) is 3.67. The average molecular weight is 319 g/mol. The van der Waals surface area contributed by atoms with Gasteiger partial charge in [-0.1, -0.05) is 0 Å². The first-order valence-electron chi connectivity index (χ1n) is 6.19. The Bertz CT molecular complexity index is 622. The molecule has 0 spiro atoms. The molecule has 112 valence electrons. The minimum absolute atomic E-state index is 0.114. The van der Waals surface area contributed by atoms with Crippen molar-refractivity contribution in [1.82, 2.24) is 4.31 Å². The predicted molar refractivity (Wildman–Crippen MR) is 74.6 cm³/mol. The summed E-state index contributed by atoms with van der Waals surface area (Å²) in [6, 6.07) is 0. The van der Waals surface area contributed by atoms with Crippen LogP contribution in [0.2, 0.25) is 0 Å². The van der Waals surface area contributed by atoms with Gasteiger partial charge in [-0.2, -0.15) is 4.31 Å². The number of carboxylic acids is 1. The Kier molecular flexibility index (Phi) is 3.94. The van der Waals surface area contributed by atoms with E-state index in [2.05, 4.69) is 0 Å². The Morgan fingerprint density at radius 3 is 2.45 bits per heavy atom. The summed E-state index contributed by atoms with van der Waals surface area (Å²) in [5.74, 6) is -1.23. The average Bonchev–Trinajstić information content (AvgIpc) is 2.71. The van der Waals surface area contributed by atoms with Crippen LogP contribution < -0.4 is 0 Å². The van der Waals surface area contributed by atoms with E-state index in [1.165, 1.54) is 9.69 Å². The summed E-state index contributed by atoms with van der Waals surface area (Å²) < 4.78 is 26.4. The molecular formula is C12H17NO5S2. The lowest BCUT2D eigenvalue weighted by atomic mass is 9.95. The van der Waals surface area contributed by atoms with E-state index in [4.69, 9.17) is 5.11 Å². The van der Waals surface area contributed by atoms with Gasteiger partial charge in [0.1, 0.15) is 9.77 Å². The van der Waals surface area contributed by atoms with Crippen molar-refractivity contribution in [2.45, 2.75) is 37.2 Å². The largest absolute Gasteiger partial charge is 0.477 e. The van der Waals surface area contributed by atoms with E-state index in [0.29, 0.717) is 18.4 Å². The van der Waals surface area contributed by atoms with Crippen molar-refractivity contribution in [2.75, 3.05) is 13.1 Å². The fourth-order valence-corrected chi connectivity index (χ4v) is 5.26. The molecule has 1 aromatic heterocycles. The molecule has 1 fully saturated rings. The lowest BCUT2D eigenvalue weighted by Gasteiger charge is -2.35. The van der Waals surface area contributed by atoms with E-state index in [-0.39, 0.29) is 22.9 Å². The van der Waals surface area contributed by atoms with Gasteiger partial charge in [-0.3, -0.25) is 0 Å². The van der Waals surface area contributed by atoms with E-state index >= 15 is 0 Å². The monoisotopic (exact) mass is 319 g/mol. The van der Waals surface area contributed by atoms with Crippen molar-refractivity contribution < 1.29 is 23.4 Å². The summed E-state index contributed by atoms with van der Waals surface area (Å²) in [5.41, 5.74) is -0.407. The van der Waals surface area contributed by atoms with Gasteiger partial charge in [-0.05, 0) is 37.6 Å². The minimum Gasteiger partial charge on any atom is -0.477 e. The number of carboxylic acid groups (broad SMARTS) is 1. The zero-order valence-electron chi connectivity index (χ0n) is 11.3. The Hall–Kier alpha value is -0.960. The summed E-state index contributed by atoms with van der Waals surface area (Å²) in [7, 11) is -3.82. The molecular weight excluding hydrogens is 302 g/mol. The van der Waals surface area contributed by atoms with E-state index in [0.717, 1.165) is 11.3 Å². The molecule has 0 atom stereocenters. The van der Waals surface area contributed by atoms with Crippen molar-refractivity contribution in [3.63, 3.8) is 0 Å². The lowest BCUT2D eigenvalue weighted by molar-refractivity contribution is 0.0125. The van der Waals surface area contributed by atoms with Crippen LogP contribution in [0.4, 0.5) is 0 Å². The molecule has 8 heteroatoms. The maximum Gasteiger partial charge on any atom is 0.347 e. The van der Waals surface area contributed by atoms with Crippen LogP contribution in [0.5, 0.6) is 0 Å². The summed E-state index contributed by atoms with van der Waals surface area (Å²) in [6.07, 6.45) is 0.690. The first-order valence-corrected chi connectivity index (χ1v) is 8.51. The molecule has 1 aromatic rings. The topological polar surface area (TPSA) is 94.9 Å². The van der Waals surface area contributed by atoms with Crippen LogP contribution in [-0.2, 0) is 10.0 Å². The standard InChI is InChI=1S/C12H17NO5S2/c1-8-7-19-9(11(14)15)10(8)20(17,18)13-5-3-12(2,16)4-6-13/h7,16H,3-6H2,1-2H3,(H,14,15). The minimum atomic E-state index is -3.82. The van der Waals surface area contributed by atoms with Crippen LogP contribution in [0, 0.1) is 6.92 Å². The predicted octanol–water partition coefficient (Wildman–Crippen LogP) is 1.29. The number of nitrogens with zero attached hydrogens (tertiary/aromatic N) is 1. The van der Waals surface area contributed by atoms with E-state index in [9.17, 15) is 18.3 Å². The molecule has 0 unspecified atom stereocenters. The highest BCUT2D eigenvalue weighted by Crippen LogP contribution is 2.32.